The molecule has 0 saturated carbocycles. The molecular formula is C12H21N3O2. The molecule has 2 N–H and O–H groups in total. The molecule has 1 atom stereocenters. The molecule has 0 aliphatic carbocycles. The van der Waals surface area contributed by atoms with Gasteiger partial charge in [-0.3, -0.25) is 9.48 Å². The molecule has 1 aromatic rings. The van der Waals surface area contributed by atoms with Crippen molar-refractivity contribution in [2.45, 2.75) is 20.3 Å². The molecule has 0 aromatic carbocycles. The van der Waals surface area contributed by atoms with Crippen LogP contribution >= 0.6 is 0 Å². The molecule has 1 aromatic heterocycles. The van der Waals surface area contributed by atoms with Crippen molar-refractivity contribution < 1.29 is 9.53 Å². The summed E-state index contributed by atoms with van der Waals surface area (Å²) in [5.74, 6) is 0.795. The molecule has 0 amide bonds. The molecule has 5 heteroatoms. The fourth-order valence-corrected chi connectivity index (χ4v) is 1.92. The second-order valence-corrected chi connectivity index (χ2v) is 4.61. The number of hydrogen-bond acceptors (Lipinski definition) is 4. The molecule has 1 rings (SSSR count). The van der Waals surface area contributed by atoms with E-state index < -0.39 is 0 Å². The van der Waals surface area contributed by atoms with Crippen molar-refractivity contribution in [1.82, 2.24) is 9.78 Å². The van der Waals surface area contributed by atoms with E-state index >= 15 is 0 Å². The van der Waals surface area contributed by atoms with Crippen molar-refractivity contribution in [1.29, 1.82) is 0 Å². The monoisotopic (exact) mass is 239 g/mol. The Morgan fingerprint density at radius 3 is 2.71 bits per heavy atom. The Balaban J connectivity index is 2.97. The summed E-state index contributed by atoms with van der Waals surface area (Å²) in [5.41, 5.74) is 6.18. The topological polar surface area (TPSA) is 70.1 Å². The summed E-state index contributed by atoms with van der Waals surface area (Å²) in [5, 5.41) is 4.03. The largest absolute Gasteiger partial charge is 0.493 e. The van der Waals surface area contributed by atoms with Crippen LogP contribution in [0.5, 0.6) is 5.75 Å². The number of ketones is 1. The number of methoxy groups -OCH3 is 1. The van der Waals surface area contributed by atoms with Gasteiger partial charge in [0.05, 0.1) is 13.3 Å². The van der Waals surface area contributed by atoms with Crippen LogP contribution in [-0.2, 0) is 7.05 Å². The first-order valence-electron chi connectivity index (χ1n) is 5.81. The SMILES string of the molecule is COc1cnn(C)c1C(=O)C(CN)CC(C)C. The van der Waals surface area contributed by atoms with Crippen LogP contribution in [0.2, 0.25) is 0 Å². The summed E-state index contributed by atoms with van der Waals surface area (Å²) in [7, 11) is 3.27. The molecule has 0 bridgehead atoms. The Morgan fingerprint density at radius 2 is 2.24 bits per heavy atom. The molecule has 0 saturated heterocycles. The average molecular weight is 239 g/mol. The Hall–Kier alpha value is -1.36. The average Bonchev–Trinajstić information content (AvgIpc) is 2.66. The van der Waals surface area contributed by atoms with Crippen LogP contribution in [0.4, 0.5) is 0 Å². The maximum atomic E-state index is 12.4. The maximum absolute atomic E-state index is 12.4. The van der Waals surface area contributed by atoms with Crippen LogP contribution in [0.3, 0.4) is 0 Å². The molecule has 5 nitrogen and oxygen atoms in total. The Bertz CT molecular complexity index is 385. The molecule has 0 radical (unpaired) electrons. The van der Waals surface area contributed by atoms with Crippen molar-refractivity contribution in [2.24, 2.45) is 24.6 Å². The predicted octanol–water partition coefficient (Wildman–Crippen LogP) is 1.23. The molecule has 1 unspecified atom stereocenters. The van der Waals surface area contributed by atoms with Gasteiger partial charge in [-0.15, -0.1) is 0 Å². The highest BCUT2D eigenvalue weighted by molar-refractivity contribution is 5.98. The lowest BCUT2D eigenvalue weighted by molar-refractivity contribution is 0.0896. The first kappa shape index (κ1) is 13.7. The fraction of sp³-hybridized carbons (Fsp3) is 0.667. The molecule has 0 aliphatic heterocycles. The van der Waals surface area contributed by atoms with E-state index in [1.165, 1.54) is 7.11 Å². The highest BCUT2D eigenvalue weighted by atomic mass is 16.5. The summed E-state index contributed by atoms with van der Waals surface area (Å²) < 4.78 is 6.69. The number of carbonyl (C=O) groups excluding carboxylic acids is 1. The number of rotatable bonds is 6. The van der Waals surface area contributed by atoms with Gasteiger partial charge in [-0.2, -0.15) is 5.10 Å². The van der Waals surface area contributed by atoms with Gasteiger partial charge in [-0.1, -0.05) is 13.8 Å². The highest BCUT2D eigenvalue weighted by Crippen LogP contribution is 2.23. The van der Waals surface area contributed by atoms with Gasteiger partial charge >= 0.3 is 0 Å². The Kier molecular flexibility index (Phi) is 4.69. The Morgan fingerprint density at radius 1 is 1.59 bits per heavy atom. The van der Waals surface area contributed by atoms with Crippen LogP contribution in [-0.4, -0.2) is 29.2 Å². The Labute approximate surface area is 102 Å². The van der Waals surface area contributed by atoms with E-state index in [0.29, 0.717) is 23.9 Å². The quantitative estimate of drug-likeness (QED) is 0.758. The van der Waals surface area contributed by atoms with Crippen molar-refractivity contribution in [2.75, 3.05) is 13.7 Å². The number of aryl methyl sites for hydroxylation is 1. The number of nitrogens with two attached hydrogens (primary N) is 1. The zero-order chi connectivity index (χ0) is 13.0. The van der Waals surface area contributed by atoms with Gasteiger partial charge in [0, 0.05) is 19.5 Å². The van der Waals surface area contributed by atoms with E-state index in [2.05, 4.69) is 18.9 Å². The molecule has 0 spiro atoms. The number of hydrogen-bond donors (Lipinski definition) is 1. The maximum Gasteiger partial charge on any atom is 0.188 e. The second kappa shape index (κ2) is 5.82. The summed E-state index contributed by atoms with van der Waals surface area (Å²) in [4.78, 5) is 12.4. The lowest BCUT2D eigenvalue weighted by Gasteiger charge is -2.16. The summed E-state index contributed by atoms with van der Waals surface area (Å²) in [6.45, 7) is 4.51. The minimum absolute atomic E-state index is 0.0121. The van der Waals surface area contributed by atoms with Gasteiger partial charge < -0.3 is 10.5 Å². The van der Waals surface area contributed by atoms with E-state index in [9.17, 15) is 4.79 Å². The zero-order valence-electron chi connectivity index (χ0n) is 10.9. The molecule has 1 heterocycles. The zero-order valence-corrected chi connectivity index (χ0v) is 10.9. The van der Waals surface area contributed by atoms with E-state index in [-0.39, 0.29) is 11.7 Å². The predicted molar refractivity (Wildman–Crippen MR) is 66.1 cm³/mol. The van der Waals surface area contributed by atoms with Crippen LogP contribution in [0.1, 0.15) is 30.8 Å². The molecule has 96 valence electrons. The molecule has 0 fully saturated rings. The summed E-state index contributed by atoms with van der Waals surface area (Å²) in [6.07, 6.45) is 2.33. The van der Waals surface area contributed by atoms with Gasteiger partial charge in [0.25, 0.3) is 0 Å². The smallest absolute Gasteiger partial charge is 0.188 e. The van der Waals surface area contributed by atoms with Crippen molar-refractivity contribution in [3.63, 3.8) is 0 Å². The van der Waals surface area contributed by atoms with Crippen molar-refractivity contribution in [3.05, 3.63) is 11.9 Å². The summed E-state index contributed by atoms with van der Waals surface area (Å²) in [6, 6.07) is 0. The van der Waals surface area contributed by atoms with E-state index in [0.717, 1.165) is 6.42 Å². The van der Waals surface area contributed by atoms with Gasteiger partial charge in [0.1, 0.15) is 5.69 Å². The fourth-order valence-electron chi connectivity index (χ4n) is 1.92. The van der Waals surface area contributed by atoms with Crippen LogP contribution in [0.15, 0.2) is 6.20 Å². The molecule has 17 heavy (non-hydrogen) atoms. The molecule has 0 aliphatic rings. The van der Waals surface area contributed by atoms with Gasteiger partial charge in [0.2, 0.25) is 0 Å². The van der Waals surface area contributed by atoms with E-state index in [1.807, 2.05) is 0 Å². The third kappa shape index (κ3) is 3.06. The van der Waals surface area contributed by atoms with Gasteiger partial charge in [-0.05, 0) is 12.3 Å². The third-order valence-corrected chi connectivity index (χ3v) is 2.77. The van der Waals surface area contributed by atoms with Crippen LogP contribution in [0.25, 0.3) is 0 Å². The van der Waals surface area contributed by atoms with E-state index in [1.54, 1.807) is 17.9 Å². The standard InChI is InChI=1S/C12H21N3O2/c1-8(2)5-9(6-13)12(16)11-10(17-4)7-14-15(11)3/h7-9H,5-6,13H2,1-4H3. The first-order chi connectivity index (χ1) is 8.01. The normalized spacial score (nSPS) is 12.8. The lowest BCUT2D eigenvalue weighted by Crippen LogP contribution is -2.27. The minimum atomic E-state index is -0.167. The number of Topliss-reactive ketones (excluding diaryl/α,β-unsaturated/α-hetero) is 1. The van der Waals surface area contributed by atoms with E-state index in [4.69, 9.17) is 10.5 Å². The first-order valence-corrected chi connectivity index (χ1v) is 5.81. The van der Waals surface area contributed by atoms with Crippen LogP contribution in [0, 0.1) is 11.8 Å². The summed E-state index contributed by atoms with van der Waals surface area (Å²) >= 11 is 0. The van der Waals surface area contributed by atoms with Gasteiger partial charge in [0.15, 0.2) is 11.5 Å². The van der Waals surface area contributed by atoms with Crippen molar-refractivity contribution >= 4 is 5.78 Å². The second-order valence-electron chi connectivity index (χ2n) is 4.61. The van der Waals surface area contributed by atoms with Crippen molar-refractivity contribution in [3.8, 4) is 5.75 Å². The molecular weight excluding hydrogens is 218 g/mol. The highest BCUT2D eigenvalue weighted by Gasteiger charge is 2.25. The van der Waals surface area contributed by atoms with Gasteiger partial charge in [-0.25, -0.2) is 0 Å². The lowest BCUT2D eigenvalue weighted by atomic mass is 9.91. The third-order valence-electron chi connectivity index (χ3n) is 2.77. The number of ether oxygens (including phenoxy) is 1. The minimum Gasteiger partial charge on any atom is -0.493 e. The number of nitrogens with zero attached hydrogens (tertiary/aromatic N) is 2. The van der Waals surface area contributed by atoms with Crippen LogP contribution < -0.4 is 10.5 Å². The number of carbonyl (C=O) groups is 1. The number of aromatic nitrogens is 2.